The number of alkyl halides is 3. The van der Waals surface area contributed by atoms with Gasteiger partial charge in [0.1, 0.15) is 11.4 Å². The van der Waals surface area contributed by atoms with Gasteiger partial charge in [0, 0.05) is 29.6 Å². The number of non-ortho nitro benzene ring substituents is 1. The second-order valence-electron chi connectivity index (χ2n) is 6.98. The third kappa shape index (κ3) is 5.58. The van der Waals surface area contributed by atoms with Crippen molar-refractivity contribution in [3.8, 4) is 11.5 Å². The molecule has 0 aliphatic heterocycles. The summed E-state index contributed by atoms with van der Waals surface area (Å²) >= 11 is 0. The maximum absolute atomic E-state index is 13.0. The summed E-state index contributed by atoms with van der Waals surface area (Å²) in [6.45, 7) is -0.392. The standard InChI is InChI=1S/C22H14F3N5O5/c23-22(24,25)14-3-1-4-15(11-14)27-19-17(5-2-10-26-19)21(31)34-12-18-28-29-20(35-18)13-6-8-16(9-7-13)30(32)33/h1-11H,12H2,(H,26,27). The van der Waals surface area contributed by atoms with Crippen LogP contribution < -0.4 is 5.32 Å². The summed E-state index contributed by atoms with van der Waals surface area (Å²) in [6.07, 6.45) is -3.16. The van der Waals surface area contributed by atoms with Gasteiger partial charge in [0.2, 0.25) is 5.89 Å². The SMILES string of the molecule is O=C(OCc1nnc(-c2ccc([N+](=O)[O-])cc2)o1)c1cccnc1Nc1cccc(C(F)(F)F)c1. The third-order valence-corrected chi connectivity index (χ3v) is 4.60. The van der Waals surface area contributed by atoms with E-state index in [9.17, 15) is 28.1 Å². The molecule has 1 N–H and O–H groups in total. The van der Waals surface area contributed by atoms with Crippen molar-refractivity contribution in [3.05, 3.63) is 94.0 Å². The lowest BCUT2D eigenvalue weighted by Gasteiger charge is -2.12. The molecule has 35 heavy (non-hydrogen) atoms. The molecule has 0 aliphatic carbocycles. The van der Waals surface area contributed by atoms with Gasteiger partial charge in [-0.05, 0) is 42.5 Å². The minimum absolute atomic E-state index is 0.00563. The molecule has 0 saturated heterocycles. The van der Waals surface area contributed by atoms with Crippen LogP contribution in [0.1, 0.15) is 21.8 Å². The van der Waals surface area contributed by atoms with Crippen molar-refractivity contribution in [3.63, 3.8) is 0 Å². The molecule has 0 radical (unpaired) electrons. The predicted octanol–water partition coefficient (Wildman–Crippen LogP) is 5.16. The molecule has 2 heterocycles. The van der Waals surface area contributed by atoms with Crippen LogP contribution >= 0.6 is 0 Å². The molecular formula is C22H14F3N5O5. The molecule has 0 unspecified atom stereocenters. The Balaban J connectivity index is 1.44. The number of aromatic nitrogens is 3. The zero-order valence-corrected chi connectivity index (χ0v) is 17.5. The number of halogens is 3. The second-order valence-corrected chi connectivity index (χ2v) is 6.98. The molecule has 2 aromatic carbocycles. The molecule has 0 atom stereocenters. The number of nitro benzene ring substituents is 1. The average molecular weight is 485 g/mol. The third-order valence-electron chi connectivity index (χ3n) is 4.60. The predicted molar refractivity (Wildman–Crippen MR) is 114 cm³/mol. The summed E-state index contributed by atoms with van der Waals surface area (Å²) in [5.41, 5.74) is -0.478. The fourth-order valence-electron chi connectivity index (χ4n) is 2.94. The van der Waals surface area contributed by atoms with Crippen molar-refractivity contribution in [1.29, 1.82) is 0 Å². The van der Waals surface area contributed by atoms with E-state index in [1.807, 2.05) is 0 Å². The van der Waals surface area contributed by atoms with Crippen LogP contribution in [0.25, 0.3) is 11.5 Å². The highest BCUT2D eigenvalue weighted by atomic mass is 19.4. The maximum atomic E-state index is 13.0. The van der Waals surface area contributed by atoms with Crippen LogP contribution in [0.3, 0.4) is 0 Å². The van der Waals surface area contributed by atoms with Crippen LogP contribution in [0.2, 0.25) is 0 Å². The lowest BCUT2D eigenvalue weighted by atomic mass is 10.2. The Morgan fingerprint density at radius 3 is 2.57 bits per heavy atom. The second kappa shape index (κ2) is 9.59. The number of anilines is 2. The number of nitrogens with one attached hydrogen (secondary N) is 1. The molecule has 0 saturated carbocycles. The smallest absolute Gasteiger partial charge is 0.416 e. The zero-order chi connectivity index (χ0) is 25.0. The summed E-state index contributed by atoms with van der Waals surface area (Å²) in [5.74, 6) is -0.807. The quantitative estimate of drug-likeness (QED) is 0.214. The number of esters is 1. The molecule has 13 heteroatoms. The largest absolute Gasteiger partial charge is 0.452 e. The van der Waals surface area contributed by atoms with Gasteiger partial charge in [-0.1, -0.05) is 6.07 Å². The summed E-state index contributed by atoms with van der Waals surface area (Å²) in [6, 6.07) is 12.7. The number of ether oxygens (including phenoxy) is 1. The fourth-order valence-corrected chi connectivity index (χ4v) is 2.94. The number of pyridine rings is 1. The van der Waals surface area contributed by atoms with E-state index in [4.69, 9.17) is 9.15 Å². The normalized spacial score (nSPS) is 11.2. The molecule has 0 fully saturated rings. The first kappa shape index (κ1) is 23.4. The number of nitro groups is 1. The van der Waals surface area contributed by atoms with Crippen LogP contribution in [0.5, 0.6) is 0 Å². The summed E-state index contributed by atoms with van der Waals surface area (Å²) in [5, 5.41) is 21.0. The minimum Gasteiger partial charge on any atom is -0.452 e. The topological polar surface area (TPSA) is 133 Å². The highest BCUT2D eigenvalue weighted by Crippen LogP contribution is 2.31. The highest BCUT2D eigenvalue weighted by molar-refractivity contribution is 5.95. The molecule has 0 spiro atoms. The van der Waals surface area contributed by atoms with E-state index in [0.717, 1.165) is 12.1 Å². The average Bonchev–Trinajstić information content (AvgIpc) is 3.32. The van der Waals surface area contributed by atoms with Gasteiger partial charge in [-0.15, -0.1) is 10.2 Å². The Bertz CT molecular complexity index is 1370. The van der Waals surface area contributed by atoms with Gasteiger partial charge in [0.05, 0.1) is 10.5 Å². The van der Waals surface area contributed by atoms with Gasteiger partial charge < -0.3 is 14.5 Å². The van der Waals surface area contributed by atoms with Crippen LogP contribution in [0.4, 0.5) is 30.4 Å². The number of carbonyl (C=O) groups is 1. The first-order valence-corrected chi connectivity index (χ1v) is 9.84. The zero-order valence-electron chi connectivity index (χ0n) is 17.5. The molecule has 178 valence electrons. The molecule has 10 nitrogen and oxygen atoms in total. The summed E-state index contributed by atoms with van der Waals surface area (Å²) in [7, 11) is 0. The van der Waals surface area contributed by atoms with E-state index < -0.39 is 29.2 Å². The van der Waals surface area contributed by atoms with Gasteiger partial charge in [-0.3, -0.25) is 10.1 Å². The Labute approximate surface area is 194 Å². The van der Waals surface area contributed by atoms with E-state index in [0.29, 0.717) is 5.56 Å². The van der Waals surface area contributed by atoms with Crippen molar-refractivity contribution < 1.29 is 32.0 Å². The number of hydrogen-bond donors (Lipinski definition) is 1. The molecule has 0 amide bonds. The highest BCUT2D eigenvalue weighted by Gasteiger charge is 2.30. The van der Waals surface area contributed by atoms with Crippen molar-refractivity contribution in [2.24, 2.45) is 0 Å². The Hall–Kier alpha value is -4.81. The first-order valence-electron chi connectivity index (χ1n) is 9.84. The van der Waals surface area contributed by atoms with Crippen molar-refractivity contribution >= 4 is 23.2 Å². The molecule has 0 aliphatic rings. The lowest BCUT2D eigenvalue weighted by Crippen LogP contribution is -2.10. The van der Waals surface area contributed by atoms with Crippen LogP contribution in [0.15, 0.2) is 71.3 Å². The Morgan fingerprint density at radius 2 is 1.86 bits per heavy atom. The van der Waals surface area contributed by atoms with E-state index in [1.165, 1.54) is 54.7 Å². The van der Waals surface area contributed by atoms with Gasteiger partial charge >= 0.3 is 12.1 Å². The van der Waals surface area contributed by atoms with Crippen LogP contribution in [-0.4, -0.2) is 26.1 Å². The van der Waals surface area contributed by atoms with Gasteiger partial charge in [-0.2, -0.15) is 13.2 Å². The lowest BCUT2D eigenvalue weighted by molar-refractivity contribution is -0.384. The van der Waals surface area contributed by atoms with Crippen LogP contribution in [-0.2, 0) is 17.5 Å². The molecule has 4 aromatic rings. The van der Waals surface area contributed by atoms with Crippen molar-refractivity contribution in [1.82, 2.24) is 15.2 Å². The van der Waals surface area contributed by atoms with Crippen LogP contribution in [0, 0.1) is 10.1 Å². The number of rotatable bonds is 7. The van der Waals surface area contributed by atoms with Crippen molar-refractivity contribution in [2.45, 2.75) is 12.8 Å². The number of hydrogen-bond acceptors (Lipinski definition) is 9. The molecular weight excluding hydrogens is 471 g/mol. The maximum Gasteiger partial charge on any atom is 0.416 e. The summed E-state index contributed by atoms with van der Waals surface area (Å²) in [4.78, 5) is 26.8. The Morgan fingerprint density at radius 1 is 1.09 bits per heavy atom. The van der Waals surface area contributed by atoms with Gasteiger partial charge in [0.25, 0.3) is 11.6 Å². The fraction of sp³-hybridized carbons (Fsp3) is 0.0909. The van der Waals surface area contributed by atoms with E-state index >= 15 is 0 Å². The van der Waals surface area contributed by atoms with Gasteiger partial charge in [0.15, 0.2) is 6.61 Å². The molecule has 0 bridgehead atoms. The molecule has 2 aromatic heterocycles. The van der Waals surface area contributed by atoms with Gasteiger partial charge in [-0.25, -0.2) is 9.78 Å². The number of carbonyl (C=O) groups excluding carboxylic acids is 1. The van der Waals surface area contributed by atoms with E-state index in [1.54, 1.807) is 0 Å². The van der Waals surface area contributed by atoms with E-state index in [2.05, 4.69) is 20.5 Å². The Kier molecular flexibility index (Phi) is 6.40. The number of benzene rings is 2. The molecule has 4 rings (SSSR count). The van der Waals surface area contributed by atoms with E-state index in [-0.39, 0.29) is 34.5 Å². The first-order chi connectivity index (χ1) is 16.7. The monoisotopic (exact) mass is 485 g/mol. The summed E-state index contributed by atoms with van der Waals surface area (Å²) < 4.78 is 49.5. The minimum atomic E-state index is -4.53. The van der Waals surface area contributed by atoms with Crippen molar-refractivity contribution in [2.75, 3.05) is 5.32 Å². The number of nitrogens with zero attached hydrogens (tertiary/aromatic N) is 4.